The van der Waals surface area contributed by atoms with Gasteiger partial charge in [-0.2, -0.15) is 0 Å². The molecule has 5 heavy (non-hydrogen) atoms. The van der Waals surface area contributed by atoms with E-state index in [4.69, 9.17) is 11.5 Å². The monoisotopic (exact) mass is 150 g/mol. The molecule has 0 heterocycles. The van der Waals surface area contributed by atoms with E-state index in [2.05, 4.69) is 0 Å². The second kappa shape index (κ2) is 8.84. The molecule has 0 aliphatic heterocycles. The van der Waals surface area contributed by atoms with Crippen LogP contribution in [0.1, 0.15) is 0 Å². The smallest absolute Gasteiger partial charge is 0.00461 e. The van der Waals surface area contributed by atoms with Crippen LogP contribution >= 0.6 is 0 Å². The van der Waals surface area contributed by atoms with E-state index in [9.17, 15) is 0 Å². The molecule has 0 rings (SSSR count). The minimum Gasteiger partial charge on any atom is -0.329 e. The van der Waals surface area contributed by atoms with Gasteiger partial charge >= 0.3 is 0 Å². The summed E-state index contributed by atoms with van der Waals surface area (Å²) in [4.78, 5) is 0. The molecule has 30 valence electrons. The average Bonchev–Trinajstić information content (AvgIpc) is 1.37. The maximum Gasteiger partial charge on any atom is 0.00461 e. The summed E-state index contributed by atoms with van der Waals surface area (Å²) >= 11 is 0. The van der Waals surface area contributed by atoms with Gasteiger partial charge < -0.3 is 11.5 Å². The molecule has 0 atom stereocenters. The largest absolute Gasteiger partial charge is 0.329 e. The molecule has 2 nitrogen and oxygen atoms in total. The third kappa shape index (κ3) is 11.6. The quantitative estimate of drug-likeness (QED) is 0.500. The maximum atomic E-state index is 4.90. The van der Waals surface area contributed by atoms with Crippen molar-refractivity contribution >= 4 is 0 Å². The molecule has 0 aliphatic rings. The molecule has 0 bridgehead atoms. The Morgan fingerprint density at radius 2 is 1.20 bits per heavy atom. The van der Waals surface area contributed by atoms with Crippen LogP contribution in [0.4, 0.5) is 0 Å². The molecule has 0 saturated heterocycles. The van der Waals surface area contributed by atoms with Gasteiger partial charge in [-0.15, -0.1) is 0 Å². The summed E-state index contributed by atoms with van der Waals surface area (Å²) in [7, 11) is 0. The van der Waals surface area contributed by atoms with Gasteiger partial charge in [-0.25, -0.2) is 0 Å². The van der Waals surface area contributed by atoms with Gasteiger partial charge in [0.2, 0.25) is 0 Å². The van der Waals surface area contributed by atoms with Crippen molar-refractivity contribution < 1.29 is 26.2 Å². The van der Waals surface area contributed by atoms with Gasteiger partial charge in [0.05, 0.1) is 0 Å². The Morgan fingerprint density at radius 3 is 1.20 bits per heavy atom. The summed E-state index contributed by atoms with van der Waals surface area (Å²) in [5.41, 5.74) is 9.81. The molecule has 0 aromatic heterocycles. The number of rotatable bonds is 1. The van der Waals surface area contributed by atoms with E-state index < -0.39 is 0 Å². The topological polar surface area (TPSA) is 52.0 Å². The SMILES string of the molecule is NCCN.[Zr]. The van der Waals surface area contributed by atoms with Crippen molar-refractivity contribution in [3.63, 3.8) is 0 Å². The van der Waals surface area contributed by atoms with E-state index in [0.29, 0.717) is 13.1 Å². The summed E-state index contributed by atoms with van der Waals surface area (Å²) in [5, 5.41) is 0. The second-order valence-electron chi connectivity index (χ2n) is 0.577. The van der Waals surface area contributed by atoms with Crippen LogP contribution < -0.4 is 11.5 Å². The zero-order chi connectivity index (χ0) is 3.41. The summed E-state index contributed by atoms with van der Waals surface area (Å²) in [6.45, 7) is 1.19. The molecular weight excluding hydrogens is 143 g/mol. The molecule has 0 fully saturated rings. The van der Waals surface area contributed by atoms with Crippen LogP contribution in [-0.2, 0) is 26.2 Å². The van der Waals surface area contributed by atoms with E-state index in [1.54, 1.807) is 0 Å². The number of nitrogens with two attached hydrogens (primary N) is 2. The molecule has 3 heteroatoms. The molecule has 0 radical (unpaired) electrons. The zero-order valence-corrected chi connectivity index (χ0v) is 5.53. The van der Waals surface area contributed by atoms with E-state index in [1.807, 2.05) is 0 Å². The molecule has 0 aromatic rings. The summed E-state index contributed by atoms with van der Waals surface area (Å²) in [6.07, 6.45) is 0. The van der Waals surface area contributed by atoms with Gasteiger partial charge in [0.1, 0.15) is 0 Å². The molecule has 0 unspecified atom stereocenters. The van der Waals surface area contributed by atoms with Gasteiger partial charge in [-0.1, -0.05) is 0 Å². The average molecular weight is 151 g/mol. The fraction of sp³-hybridized carbons (Fsp3) is 1.00. The Kier molecular flexibility index (Phi) is 16.4. The van der Waals surface area contributed by atoms with Crippen molar-refractivity contribution in [3.05, 3.63) is 0 Å². The molecule has 0 spiro atoms. The first kappa shape index (κ1) is 9.26. The van der Waals surface area contributed by atoms with Crippen LogP contribution in [0.3, 0.4) is 0 Å². The summed E-state index contributed by atoms with van der Waals surface area (Å²) in [5.74, 6) is 0. The van der Waals surface area contributed by atoms with Crippen LogP contribution in [0.15, 0.2) is 0 Å². The Hall–Kier alpha value is 0.803. The van der Waals surface area contributed by atoms with Gasteiger partial charge in [-0.3, -0.25) is 0 Å². The van der Waals surface area contributed by atoms with Crippen molar-refractivity contribution in [2.45, 2.75) is 0 Å². The van der Waals surface area contributed by atoms with Crippen molar-refractivity contribution in [1.82, 2.24) is 0 Å². The molecule has 0 amide bonds. The maximum absolute atomic E-state index is 4.90. The minimum atomic E-state index is 0. The van der Waals surface area contributed by atoms with Gasteiger partial charge in [0, 0.05) is 39.3 Å². The fourth-order valence-corrected chi connectivity index (χ4v) is 0. The van der Waals surface area contributed by atoms with Crippen molar-refractivity contribution in [1.29, 1.82) is 0 Å². The Morgan fingerprint density at radius 1 is 1.00 bits per heavy atom. The third-order valence-electron chi connectivity index (χ3n) is 0.167. The van der Waals surface area contributed by atoms with Gasteiger partial charge in [0.25, 0.3) is 0 Å². The predicted molar refractivity (Wildman–Crippen MR) is 18.1 cm³/mol. The number of hydrogen-bond donors (Lipinski definition) is 2. The molecule has 0 saturated carbocycles. The summed E-state index contributed by atoms with van der Waals surface area (Å²) in [6, 6.07) is 0. The van der Waals surface area contributed by atoms with Crippen LogP contribution in [0.25, 0.3) is 0 Å². The van der Waals surface area contributed by atoms with Crippen molar-refractivity contribution in [3.8, 4) is 0 Å². The van der Waals surface area contributed by atoms with Crippen molar-refractivity contribution in [2.75, 3.05) is 13.1 Å². The minimum absolute atomic E-state index is 0. The Bertz CT molecular complexity index is 9.61. The molecule has 0 aliphatic carbocycles. The van der Waals surface area contributed by atoms with E-state index in [-0.39, 0.29) is 26.2 Å². The summed E-state index contributed by atoms with van der Waals surface area (Å²) < 4.78 is 0. The van der Waals surface area contributed by atoms with Gasteiger partial charge in [-0.05, 0) is 0 Å². The van der Waals surface area contributed by atoms with E-state index in [0.717, 1.165) is 0 Å². The van der Waals surface area contributed by atoms with Crippen LogP contribution in [0, 0.1) is 0 Å². The number of hydrogen-bond acceptors (Lipinski definition) is 2. The normalized spacial score (nSPS) is 6.00. The van der Waals surface area contributed by atoms with Crippen LogP contribution in [0.5, 0.6) is 0 Å². The van der Waals surface area contributed by atoms with Crippen molar-refractivity contribution in [2.24, 2.45) is 11.5 Å². The standard InChI is InChI=1S/C2H8N2.Zr/c3-1-2-4;/h1-4H2;. The molecule has 4 N–H and O–H groups in total. The molecule has 0 aromatic carbocycles. The fourth-order valence-electron chi connectivity index (χ4n) is 0. The van der Waals surface area contributed by atoms with E-state index >= 15 is 0 Å². The predicted octanol–water partition coefficient (Wildman–Crippen LogP) is -1.10. The molecular formula is C2H8N2Zr. The zero-order valence-electron chi connectivity index (χ0n) is 3.07. The Balaban J connectivity index is 0. The second-order valence-corrected chi connectivity index (χ2v) is 0.577. The Labute approximate surface area is 51.0 Å². The first-order valence-corrected chi connectivity index (χ1v) is 1.32. The first-order valence-electron chi connectivity index (χ1n) is 1.32. The van der Waals surface area contributed by atoms with Gasteiger partial charge in [0.15, 0.2) is 0 Å². The third-order valence-corrected chi connectivity index (χ3v) is 0.167. The van der Waals surface area contributed by atoms with Crippen LogP contribution in [0.2, 0.25) is 0 Å². The van der Waals surface area contributed by atoms with E-state index in [1.165, 1.54) is 0 Å². The van der Waals surface area contributed by atoms with Crippen LogP contribution in [-0.4, -0.2) is 13.1 Å². The first-order chi connectivity index (χ1) is 1.91.